The number of rotatable bonds is 4. The molecule has 118 valence electrons. The summed E-state index contributed by atoms with van der Waals surface area (Å²) in [6, 6.07) is 1.21. The minimum Gasteiger partial charge on any atom is -0.382 e. The van der Waals surface area contributed by atoms with Crippen LogP contribution in [0.3, 0.4) is 0 Å². The zero-order valence-corrected chi connectivity index (χ0v) is 12.6. The third-order valence-electron chi connectivity index (χ3n) is 3.19. The molecule has 0 aliphatic carbocycles. The molecule has 2 heterocycles. The Morgan fingerprint density at radius 3 is 2.64 bits per heavy atom. The van der Waals surface area contributed by atoms with Crippen molar-refractivity contribution in [1.82, 2.24) is 24.1 Å². The lowest BCUT2D eigenvalue weighted by atomic mass is 10.4. The van der Waals surface area contributed by atoms with Crippen molar-refractivity contribution in [1.29, 1.82) is 0 Å². The molecule has 0 saturated heterocycles. The fourth-order valence-electron chi connectivity index (χ4n) is 1.88. The molecule has 2 aromatic rings. The summed E-state index contributed by atoms with van der Waals surface area (Å²) in [5.41, 5.74) is 11.0. The molecule has 0 aromatic carbocycles. The molecule has 0 unspecified atom stereocenters. The molecule has 0 aliphatic heterocycles. The van der Waals surface area contributed by atoms with Gasteiger partial charge >= 0.3 is 5.69 Å². The molecule has 0 aliphatic rings. The van der Waals surface area contributed by atoms with Crippen LogP contribution in [0.4, 0.5) is 11.6 Å². The number of hydrogen-bond donors (Lipinski definition) is 2. The second kappa shape index (κ2) is 5.84. The number of nitrogens with zero attached hydrogens (tertiary/aromatic N) is 6. The first-order chi connectivity index (χ1) is 10.4. The van der Waals surface area contributed by atoms with Crippen LogP contribution < -0.4 is 22.7 Å². The second-order valence-electron chi connectivity index (χ2n) is 4.78. The van der Waals surface area contributed by atoms with Gasteiger partial charge in [-0.05, 0) is 6.42 Å². The summed E-state index contributed by atoms with van der Waals surface area (Å²) in [6.45, 7) is 2.59. The summed E-state index contributed by atoms with van der Waals surface area (Å²) in [5.74, 6) is 0.398. The Morgan fingerprint density at radius 2 is 2.00 bits per heavy atom. The Labute approximate surface area is 125 Å². The van der Waals surface area contributed by atoms with Crippen LogP contribution in [-0.2, 0) is 20.6 Å². The standard InChI is InChI=1S/C12H18N8O2/c1-4-5-20-11(14)9(16-17-20)10(13)15-7-6-8(21)19(3)12(22)18(7)2/h6H,4-5,14H2,1-3H3,(H2,13,15). The molecule has 22 heavy (non-hydrogen) atoms. The zero-order valence-electron chi connectivity index (χ0n) is 12.6. The summed E-state index contributed by atoms with van der Waals surface area (Å²) >= 11 is 0. The molecule has 0 bridgehead atoms. The van der Waals surface area contributed by atoms with Gasteiger partial charge in [0.2, 0.25) is 0 Å². The lowest BCUT2D eigenvalue weighted by Gasteiger charge is -2.06. The largest absolute Gasteiger partial charge is 0.382 e. The smallest absolute Gasteiger partial charge is 0.332 e. The van der Waals surface area contributed by atoms with E-state index in [1.807, 2.05) is 6.92 Å². The summed E-state index contributed by atoms with van der Waals surface area (Å²) in [6.07, 6.45) is 0.841. The van der Waals surface area contributed by atoms with E-state index < -0.39 is 11.2 Å². The molecule has 0 atom stereocenters. The van der Waals surface area contributed by atoms with Gasteiger partial charge in [0.1, 0.15) is 5.82 Å². The molecule has 0 fully saturated rings. The van der Waals surface area contributed by atoms with Crippen molar-refractivity contribution in [2.24, 2.45) is 24.8 Å². The average molecular weight is 306 g/mol. The van der Waals surface area contributed by atoms with Gasteiger partial charge in [0.05, 0.1) is 0 Å². The Balaban J connectivity index is 2.50. The van der Waals surface area contributed by atoms with Crippen LogP contribution in [0.15, 0.2) is 20.6 Å². The van der Waals surface area contributed by atoms with E-state index >= 15 is 0 Å². The van der Waals surface area contributed by atoms with E-state index in [1.165, 1.54) is 29.4 Å². The SMILES string of the molecule is CCCn1nnc(C(N)=Nc2cc(=O)n(C)c(=O)n2C)c1N. The highest BCUT2D eigenvalue weighted by Gasteiger charge is 2.14. The molecule has 0 saturated carbocycles. The van der Waals surface area contributed by atoms with Gasteiger partial charge in [-0.2, -0.15) is 0 Å². The Kier molecular flexibility index (Phi) is 4.11. The number of nitrogen functional groups attached to an aromatic ring is 1. The quantitative estimate of drug-likeness (QED) is 0.532. The van der Waals surface area contributed by atoms with Crippen LogP contribution in [0.5, 0.6) is 0 Å². The lowest BCUT2D eigenvalue weighted by molar-refractivity contribution is 0.586. The maximum Gasteiger partial charge on any atom is 0.332 e. The van der Waals surface area contributed by atoms with E-state index in [0.717, 1.165) is 11.0 Å². The summed E-state index contributed by atoms with van der Waals surface area (Å²) in [5, 5.41) is 7.77. The predicted molar refractivity (Wildman–Crippen MR) is 82.0 cm³/mol. The van der Waals surface area contributed by atoms with Gasteiger partial charge in [0, 0.05) is 26.7 Å². The Morgan fingerprint density at radius 1 is 1.32 bits per heavy atom. The highest BCUT2D eigenvalue weighted by molar-refractivity contribution is 6.00. The average Bonchev–Trinajstić information content (AvgIpc) is 2.84. The van der Waals surface area contributed by atoms with Crippen LogP contribution in [-0.4, -0.2) is 30.0 Å². The predicted octanol–water partition coefficient (Wildman–Crippen LogP) is -1.30. The van der Waals surface area contributed by atoms with Gasteiger partial charge in [0.15, 0.2) is 17.3 Å². The van der Waals surface area contributed by atoms with Crippen molar-refractivity contribution in [3.05, 3.63) is 32.6 Å². The molecular formula is C12H18N8O2. The molecule has 0 radical (unpaired) electrons. The van der Waals surface area contributed by atoms with Crippen molar-refractivity contribution < 1.29 is 0 Å². The molecule has 10 nitrogen and oxygen atoms in total. The first-order valence-electron chi connectivity index (χ1n) is 6.67. The molecule has 0 spiro atoms. The van der Waals surface area contributed by atoms with Crippen LogP contribution in [0, 0.1) is 0 Å². The van der Waals surface area contributed by atoms with E-state index in [2.05, 4.69) is 15.3 Å². The number of nitrogens with two attached hydrogens (primary N) is 2. The van der Waals surface area contributed by atoms with Crippen molar-refractivity contribution in [2.75, 3.05) is 5.73 Å². The number of aryl methyl sites for hydroxylation is 1. The Hall–Kier alpha value is -2.91. The summed E-state index contributed by atoms with van der Waals surface area (Å²) in [4.78, 5) is 27.6. The van der Waals surface area contributed by atoms with Gasteiger partial charge in [-0.25, -0.2) is 14.5 Å². The number of aromatic nitrogens is 5. The highest BCUT2D eigenvalue weighted by atomic mass is 16.2. The number of hydrogen-bond acceptors (Lipinski definition) is 6. The van der Waals surface area contributed by atoms with Gasteiger partial charge in [0.25, 0.3) is 5.56 Å². The van der Waals surface area contributed by atoms with Crippen molar-refractivity contribution in [2.45, 2.75) is 19.9 Å². The second-order valence-corrected chi connectivity index (χ2v) is 4.78. The fraction of sp³-hybridized carbons (Fsp3) is 0.417. The van der Waals surface area contributed by atoms with Crippen molar-refractivity contribution >= 4 is 17.5 Å². The first kappa shape index (κ1) is 15.5. The van der Waals surface area contributed by atoms with Crippen LogP contribution in [0.1, 0.15) is 19.0 Å². The number of aliphatic imine (C=N–C) groups is 1. The lowest BCUT2D eigenvalue weighted by Crippen LogP contribution is -2.36. The molecule has 10 heteroatoms. The van der Waals surface area contributed by atoms with Gasteiger partial charge in [-0.1, -0.05) is 12.1 Å². The molecular weight excluding hydrogens is 288 g/mol. The van der Waals surface area contributed by atoms with Crippen LogP contribution in [0.25, 0.3) is 0 Å². The molecule has 0 amide bonds. The van der Waals surface area contributed by atoms with Gasteiger partial charge in [-0.3, -0.25) is 13.9 Å². The topological polar surface area (TPSA) is 139 Å². The van der Waals surface area contributed by atoms with E-state index in [1.54, 1.807) is 0 Å². The molecule has 4 N–H and O–H groups in total. The maximum absolute atomic E-state index is 11.8. The minimum absolute atomic E-state index is 0.0110. The van der Waals surface area contributed by atoms with Crippen molar-refractivity contribution in [3.8, 4) is 0 Å². The zero-order chi connectivity index (χ0) is 16.4. The third-order valence-corrected chi connectivity index (χ3v) is 3.19. The van der Waals surface area contributed by atoms with Gasteiger partial charge in [-0.15, -0.1) is 5.10 Å². The summed E-state index contributed by atoms with van der Waals surface area (Å²) < 4.78 is 3.70. The fourth-order valence-corrected chi connectivity index (χ4v) is 1.88. The number of amidine groups is 1. The van der Waals surface area contributed by atoms with Crippen molar-refractivity contribution in [3.63, 3.8) is 0 Å². The first-order valence-corrected chi connectivity index (χ1v) is 6.67. The van der Waals surface area contributed by atoms with E-state index in [0.29, 0.717) is 6.54 Å². The maximum atomic E-state index is 11.8. The van der Waals surface area contributed by atoms with E-state index in [9.17, 15) is 9.59 Å². The van der Waals surface area contributed by atoms with Crippen LogP contribution in [0.2, 0.25) is 0 Å². The Bertz CT molecular complexity index is 842. The highest BCUT2D eigenvalue weighted by Crippen LogP contribution is 2.11. The van der Waals surface area contributed by atoms with E-state index in [4.69, 9.17) is 11.5 Å². The van der Waals surface area contributed by atoms with E-state index in [-0.39, 0.29) is 23.2 Å². The molecule has 2 rings (SSSR count). The third kappa shape index (κ3) is 2.62. The minimum atomic E-state index is -0.498. The monoisotopic (exact) mass is 306 g/mol. The number of anilines is 1. The normalized spacial score (nSPS) is 11.9. The van der Waals surface area contributed by atoms with Gasteiger partial charge < -0.3 is 11.5 Å². The van der Waals surface area contributed by atoms with Crippen LogP contribution >= 0.6 is 0 Å². The molecule has 2 aromatic heterocycles. The summed E-state index contributed by atoms with van der Waals surface area (Å²) in [7, 11) is 2.88.